The van der Waals surface area contributed by atoms with E-state index in [1.165, 1.54) is 5.56 Å². The zero-order valence-electron chi connectivity index (χ0n) is 17.7. The minimum atomic E-state index is -0.177. The molecular weight excluding hydrogens is 408 g/mol. The molecule has 1 saturated heterocycles. The van der Waals surface area contributed by atoms with Gasteiger partial charge in [-0.1, -0.05) is 30.3 Å². The highest BCUT2D eigenvalue weighted by atomic mass is 32.1. The van der Waals surface area contributed by atoms with Crippen molar-refractivity contribution in [3.8, 4) is 11.4 Å². The van der Waals surface area contributed by atoms with E-state index < -0.39 is 0 Å². The van der Waals surface area contributed by atoms with E-state index in [1.54, 1.807) is 11.3 Å². The summed E-state index contributed by atoms with van der Waals surface area (Å²) < 4.78 is 12.7. The highest BCUT2D eigenvalue weighted by molar-refractivity contribution is 7.26. The van der Waals surface area contributed by atoms with Crippen LogP contribution in [0.25, 0.3) is 31.8 Å². The average Bonchev–Trinajstić information content (AvgIpc) is 3.15. The summed E-state index contributed by atoms with van der Waals surface area (Å²) in [6, 6.07) is 12.4. The summed E-state index contributed by atoms with van der Waals surface area (Å²) in [4.78, 5) is 18.5. The molecular formula is C24H24N4O2S. The Bertz CT molecular complexity index is 1280. The SMILES string of the molecule is CC1(C)Cc2nc3sc4c(N5CCOCC5)nc(-c5ccccc5)nc4c3cc2CO1. The molecule has 6 nitrogen and oxygen atoms in total. The Morgan fingerprint density at radius 2 is 1.84 bits per heavy atom. The number of benzene rings is 1. The zero-order valence-corrected chi connectivity index (χ0v) is 18.5. The Labute approximate surface area is 184 Å². The number of pyridine rings is 1. The molecule has 158 valence electrons. The van der Waals surface area contributed by atoms with E-state index in [-0.39, 0.29) is 5.60 Å². The van der Waals surface area contributed by atoms with Gasteiger partial charge in [-0.15, -0.1) is 11.3 Å². The van der Waals surface area contributed by atoms with Gasteiger partial charge in [-0.05, 0) is 19.9 Å². The van der Waals surface area contributed by atoms with Gasteiger partial charge in [0.15, 0.2) is 11.6 Å². The molecule has 5 heterocycles. The lowest BCUT2D eigenvalue weighted by Gasteiger charge is -2.30. The monoisotopic (exact) mass is 432 g/mol. The highest BCUT2D eigenvalue weighted by Gasteiger charge is 2.29. The fourth-order valence-electron chi connectivity index (χ4n) is 4.34. The highest BCUT2D eigenvalue weighted by Crippen LogP contribution is 2.40. The number of hydrogen-bond donors (Lipinski definition) is 0. The average molecular weight is 433 g/mol. The van der Waals surface area contributed by atoms with Crippen molar-refractivity contribution in [2.75, 3.05) is 31.2 Å². The summed E-state index contributed by atoms with van der Waals surface area (Å²) in [7, 11) is 0. The third-order valence-corrected chi connectivity index (χ3v) is 7.10. The summed E-state index contributed by atoms with van der Waals surface area (Å²) in [5.41, 5.74) is 4.13. The van der Waals surface area contributed by atoms with Crippen molar-refractivity contribution in [3.63, 3.8) is 0 Å². The second kappa shape index (κ2) is 7.22. The number of fused-ring (bicyclic) bond motifs is 4. The number of ether oxygens (including phenoxy) is 2. The van der Waals surface area contributed by atoms with Gasteiger partial charge in [-0.25, -0.2) is 15.0 Å². The number of morpholine rings is 1. The quantitative estimate of drug-likeness (QED) is 0.462. The van der Waals surface area contributed by atoms with Crippen molar-refractivity contribution in [1.29, 1.82) is 0 Å². The number of anilines is 1. The first-order chi connectivity index (χ1) is 15.1. The van der Waals surface area contributed by atoms with Crippen molar-refractivity contribution in [2.24, 2.45) is 0 Å². The predicted octanol–water partition coefficient (Wildman–Crippen LogP) is 4.59. The molecule has 0 amide bonds. The van der Waals surface area contributed by atoms with Crippen LogP contribution in [0.3, 0.4) is 0 Å². The van der Waals surface area contributed by atoms with Crippen LogP contribution in [0.2, 0.25) is 0 Å². The molecule has 2 aliphatic heterocycles. The molecule has 0 aliphatic carbocycles. The number of aromatic nitrogens is 3. The summed E-state index contributed by atoms with van der Waals surface area (Å²) in [6.07, 6.45) is 0.823. The molecule has 0 saturated carbocycles. The van der Waals surface area contributed by atoms with Gasteiger partial charge in [-0.3, -0.25) is 0 Å². The first-order valence-corrected chi connectivity index (χ1v) is 11.5. The molecule has 0 spiro atoms. The van der Waals surface area contributed by atoms with Crippen LogP contribution in [0, 0.1) is 0 Å². The summed E-state index contributed by atoms with van der Waals surface area (Å²) >= 11 is 1.70. The van der Waals surface area contributed by atoms with E-state index in [1.807, 2.05) is 18.2 Å². The maximum absolute atomic E-state index is 6.05. The standard InChI is InChI=1S/C24H24N4O2S/c1-24(2)13-18-16(14-30-24)12-17-19-20(31-23(17)25-18)22(28-8-10-29-11-9-28)27-21(26-19)15-6-4-3-5-7-15/h3-7,12H,8-11,13-14H2,1-2H3. The van der Waals surface area contributed by atoms with Gasteiger partial charge in [0.1, 0.15) is 4.83 Å². The van der Waals surface area contributed by atoms with E-state index >= 15 is 0 Å². The molecule has 4 aromatic rings. The van der Waals surface area contributed by atoms with Gasteiger partial charge in [0, 0.05) is 36.0 Å². The van der Waals surface area contributed by atoms with Gasteiger partial charge in [0.25, 0.3) is 0 Å². The molecule has 0 atom stereocenters. The van der Waals surface area contributed by atoms with Gasteiger partial charge in [0.05, 0.1) is 41.3 Å². The van der Waals surface area contributed by atoms with E-state index in [0.717, 1.165) is 76.1 Å². The fraction of sp³-hybridized carbons (Fsp3) is 0.375. The summed E-state index contributed by atoms with van der Waals surface area (Å²) in [6.45, 7) is 7.95. The number of nitrogens with zero attached hydrogens (tertiary/aromatic N) is 4. The predicted molar refractivity (Wildman–Crippen MR) is 124 cm³/mol. The van der Waals surface area contributed by atoms with E-state index in [4.69, 9.17) is 24.4 Å². The normalized spacial score (nSPS) is 18.5. The van der Waals surface area contributed by atoms with Crippen molar-refractivity contribution >= 4 is 37.6 Å². The second-order valence-electron chi connectivity index (χ2n) is 8.79. The lowest BCUT2D eigenvalue weighted by Crippen LogP contribution is -2.36. The van der Waals surface area contributed by atoms with Crippen LogP contribution in [0.1, 0.15) is 25.1 Å². The minimum absolute atomic E-state index is 0.177. The van der Waals surface area contributed by atoms with Gasteiger partial charge in [-0.2, -0.15) is 0 Å². The van der Waals surface area contributed by atoms with Crippen LogP contribution in [-0.2, 0) is 22.5 Å². The number of rotatable bonds is 2. The Hall–Kier alpha value is -2.61. The molecule has 3 aromatic heterocycles. The largest absolute Gasteiger partial charge is 0.378 e. The van der Waals surface area contributed by atoms with Crippen LogP contribution in [0.4, 0.5) is 5.82 Å². The molecule has 0 bridgehead atoms. The maximum atomic E-state index is 6.05. The lowest BCUT2D eigenvalue weighted by atomic mass is 9.95. The van der Waals surface area contributed by atoms with Crippen molar-refractivity contribution in [3.05, 3.63) is 47.7 Å². The molecule has 1 aromatic carbocycles. The summed E-state index contributed by atoms with van der Waals surface area (Å²) in [5, 5.41) is 1.09. The fourth-order valence-corrected chi connectivity index (χ4v) is 5.48. The first-order valence-electron chi connectivity index (χ1n) is 10.7. The molecule has 7 heteroatoms. The second-order valence-corrected chi connectivity index (χ2v) is 9.79. The van der Waals surface area contributed by atoms with Crippen LogP contribution in [0.15, 0.2) is 36.4 Å². The Morgan fingerprint density at radius 3 is 2.65 bits per heavy atom. The number of hydrogen-bond acceptors (Lipinski definition) is 7. The van der Waals surface area contributed by atoms with E-state index in [9.17, 15) is 0 Å². The van der Waals surface area contributed by atoms with Crippen molar-refractivity contribution in [1.82, 2.24) is 15.0 Å². The molecule has 2 aliphatic rings. The molecule has 0 N–H and O–H groups in total. The maximum Gasteiger partial charge on any atom is 0.162 e. The van der Waals surface area contributed by atoms with E-state index in [2.05, 4.69) is 36.9 Å². The van der Waals surface area contributed by atoms with Crippen molar-refractivity contribution in [2.45, 2.75) is 32.5 Å². The molecule has 1 fully saturated rings. The Kier molecular flexibility index (Phi) is 4.45. The molecule has 0 unspecified atom stereocenters. The minimum Gasteiger partial charge on any atom is -0.378 e. The third-order valence-electron chi connectivity index (χ3n) is 6.01. The van der Waals surface area contributed by atoms with Crippen LogP contribution in [-0.4, -0.2) is 46.9 Å². The van der Waals surface area contributed by atoms with Gasteiger partial charge < -0.3 is 14.4 Å². The van der Waals surface area contributed by atoms with Crippen LogP contribution >= 0.6 is 11.3 Å². The topological polar surface area (TPSA) is 60.4 Å². The Balaban J connectivity index is 1.59. The van der Waals surface area contributed by atoms with Crippen molar-refractivity contribution < 1.29 is 9.47 Å². The summed E-state index contributed by atoms with van der Waals surface area (Å²) in [5.74, 6) is 1.74. The Morgan fingerprint density at radius 1 is 1.03 bits per heavy atom. The van der Waals surface area contributed by atoms with Gasteiger partial charge in [0.2, 0.25) is 0 Å². The molecule has 6 rings (SSSR count). The molecule has 0 radical (unpaired) electrons. The van der Waals surface area contributed by atoms with E-state index in [0.29, 0.717) is 6.61 Å². The third kappa shape index (κ3) is 3.37. The van der Waals surface area contributed by atoms with Crippen LogP contribution < -0.4 is 4.90 Å². The zero-order chi connectivity index (χ0) is 21.0. The first kappa shape index (κ1) is 19.1. The smallest absolute Gasteiger partial charge is 0.162 e. The van der Waals surface area contributed by atoms with Gasteiger partial charge >= 0.3 is 0 Å². The lowest BCUT2D eigenvalue weighted by molar-refractivity contribution is -0.0411. The van der Waals surface area contributed by atoms with Crippen LogP contribution in [0.5, 0.6) is 0 Å². The number of thiophene rings is 1. The molecule has 31 heavy (non-hydrogen) atoms.